The zero-order chi connectivity index (χ0) is 26.3. The monoisotopic (exact) mass is 514 g/mol. The third-order valence-electron chi connectivity index (χ3n) is 5.68. The Labute approximate surface area is 201 Å². The summed E-state index contributed by atoms with van der Waals surface area (Å²) >= 11 is 0. The molecular formula is C23H20F6N4O3. The van der Waals surface area contributed by atoms with Crippen LogP contribution in [-0.2, 0) is 6.18 Å². The van der Waals surface area contributed by atoms with E-state index in [-0.39, 0.29) is 11.5 Å². The minimum atomic E-state index is -4.69. The van der Waals surface area contributed by atoms with E-state index in [1.807, 2.05) is 0 Å². The fourth-order valence-electron chi connectivity index (χ4n) is 3.94. The lowest BCUT2D eigenvalue weighted by Crippen LogP contribution is -2.35. The number of rotatable bonds is 5. The van der Waals surface area contributed by atoms with E-state index in [4.69, 9.17) is 9.47 Å². The zero-order valence-electron chi connectivity index (χ0n) is 18.9. The largest absolute Gasteiger partial charge is 0.493 e. The molecule has 0 saturated carbocycles. The number of amides is 1. The van der Waals surface area contributed by atoms with Gasteiger partial charge in [0.1, 0.15) is 5.82 Å². The summed E-state index contributed by atoms with van der Waals surface area (Å²) in [5, 5.41) is 9.01. The van der Waals surface area contributed by atoms with Crippen molar-refractivity contribution < 1.29 is 40.6 Å². The van der Waals surface area contributed by atoms with Crippen LogP contribution in [-0.4, -0.2) is 36.1 Å². The van der Waals surface area contributed by atoms with Crippen molar-refractivity contribution in [2.24, 2.45) is 0 Å². The van der Waals surface area contributed by atoms with Gasteiger partial charge in [-0.2, -0.15) is 31.4 Å². The second-order valence-corrected chi connectivity index (χ2v) is 8.00. The van der Waals surface area contributed by atoms with Gasteiger partial charge in [0.25, 0.3) is 5.91 Å². The third kappa shape index (κ3) is 5.04. The molecule has 0 spiro atoms. The number of alkyl halides is 6. The van der Waals surface area contributed by atoms with E-state index in [0.29, 0.717) is 21.7 Å². The number of nitrogens with zero attached hydrogens (tertiary/aromatic N) is 2. The van der Waals surface area contributed by atoms with Gasteiger partial charge in [-0.3, -0.25) is 4.79 Å². The standard InChI is InChI=1S/C23H20F6N4O3/c1-35-17-7-6-12(8-18(17)36-2)15-10-19(23(27,28)29)33-20(31-15)11-16(32-33)21(34)30-14-5-3-4-13(9-14)22(24,25)26/h3-9,11,15,19,31H,10H2,1-2H3,(H,30,34)/t15-,19-/m1/s1. The van der Waals surface area contributed by atoms with Crippen LogP contribution in [0.25, 0.3) is 0 Å². The highest BCUT2D eigenvalue weighted by molar-refractivity contribution is 6.03. The molecule has 1 aliphatic rings. The van der Waals surface area contributed by atoms with E-state index < -0.39 is 48.0 Å². The van der Waals surface area contributed by atoms with Crippen molar-refractivity contribution in [3.05, 3.63) is 65.4 Å². The van der Waals surface area contributed by atoms with Crippen LogP contribution in [0.15, 0.2) is 48.5 Å². The van der Waals surface area contributed by atoms with Gasteiger partial charge < -0.3 is 20.1 Å². The first-order valence-corrected chi connectivity index (χ1v) is 10.5. The lowest BCUT2D eigenvalue weighted by atomic mass is 9.96. The first-order valence-electron chi connectivity index (χ1n) is 10.5. The number of hydrogen-bond acceptors (Lipinski definition) is 5. The summed E-state index contributed by atoms with van der Waals surface area (Å²) in [7, 11) is 2.83. The van der Waals surface area contributed by atoms with E-state index in [2.05, 4.69) is 15.7 Å². The van der Waals surface area contributed by atoms with Crippen LogP contribution in [0.1, 0.15) is 40.1 Å². The third-order valence-corrected chi connectivity index (χ3v) is 5.68. The summed E-state index contributed by atoms with van der Waals surface area (Å²) in [4.78, 5) is 12.6. The Hall–Kier alpha value is -3.90. The van der Waals surface area contributed by atoms with Crippen molar-refractivity contribution >= 4 is 17.4 Å². The topological polar surface area (TPSA) is 77.4 Å². The highest BCUT2D eigenvalue weighted by Gasteiger charge is 2.47. The van der Waals surface area contributed by atoms with Gasteiger partial charge >= 0.3 is 12.4 Å². The predicted octanol–water partition coefficient (Wildman–Crippen LogP) is 5.83. The zero-order valence-corrected chi connectivity index (χ0v) is 18.9. The average molecular weight is 514 g/mol. The highest BCUT2D eigenvalue weighted by Crippen LogP contribution is 2.44. The maximum atomic E-state index is 13.9. The number of fused-ring (bicyclic) bond motifs is 1. The van der Waals surface area contributed by atoms with Crippen LogP contribution in [0, 0.1) is 0 Å². The molecule has 0 fully saturated rings. The highest BCUT2D eigenvalue weighted by atomic mass is 19.4. The SMILES string of the molecule is COc1ccc([C@H]2C[C@H](C(F)(F)F)n3nc(C(=O)Nc4cccc(C(F)(F)F)c4)cc3N2)cc1OC. The van der Waals surface area contributed by atoms with E-state index in [9.17, 15) is 31.1 Å². The van der Waals surface area contributed by atoms with E-state index in [1.165, 1.54) is 20.3 Å². The van der Waals surface area contributed by atoms with Gasteiger partial charge in [-0.15, -0.1) is 0 Å². The fraction of sp³-hybridized carbons (Fsp3) is 0.304. The molecule has 2 heterocycles. The number of anilines is 2. The normalized spacial score (nSPS) is 17.7. The second kappa shape index (κ2) is 9.28. The molecule has 0 bridgehead atoms. The van der Waals surface area contributed by atoms with Gasteiger partial charge in [-0.05, 0) is 35.9 Å². The molecule has 7 nitrogen and oxygen atoms in total. The number of ether oxygens (including phenoxy) is 2. The molecule has 192 valence electrons. The molecule has 1 aromatic heterocycles. The Morgan fingerprint density at radius 2 is 1.75 bits per heavy atom. The number of methoxy groups -OCH3 is 2. The lowest BCUT2D eigenvalue weighted by molar-refractivity contribution is -0.173. The molecule has 1 amide bonds. The van der Waals surface area contributed by atoms with E-state index in [1.54, 1.807) is 18.2 Å². The number of hydrogen-bond donors (Lipinski definition) is 2. The number of benzene rings is 2. The maximum Gasteiger partial charge on any atom is 0.416 e. The van der Waals surface area contributed by atoms with Crippen LogP contribution in [0.2, 0.25) is 0 Å². The van der Waals surface area contributed by atoms with Crippen molar-refractivity contribution in [2.75, 3.05) is 24.9 Å². The molecule has 2 atom stereocenters. The van der Waals surface area contributed by atoms with Crippen LogP contribution < -0.4 is 20.1 Å². The maximum absolute atomic E-state index is 13.9. The van der Waals surface area contributed by atoms with Crippen molar-refractivity contribution in [1.29, 1.82) is 0 Å². The van der Waals surface area contributed by atoms with Crippen LogP contribution in [0.4, 0.5) is 37.8 Å². The summed E-state index contributed by atoms with van der Waals surface area (Å²) in [6.07, 6.45) is -9.74. The van der Waals surface area contributed by atoms with Crippen LogP contribution in [0.3, 0.4) is 0 Å². The fourth-order valence-corrected chi connectivity index (χ4v) is 3.94. The van der Waals surface area contributed by atoms with Gasteiger partial charge in [-0.1, -0.05) is 12.1 Å². The molecule has 13 heteroatoms. The quantitative estimate of drug-likeness (QED) is 0.419. The van der Waals surface area contributed by atoms with Crippen LogP contribution in [0.5, 0.6) is 11.5 Å². The number of aromatic nitrogens is 2. The predicted molar refractivity (Wildman–Crippen MR) is 117 cm³/mol. The van der Waals surface area contributed by atoms with Crippen molar-refractivity contribution in [2.45, 2.75) is 30.9 Å². The Kier molecular flexibility index (Phi) is 6.50. The number of halogens is 6. The molecule has 1 aliphatic heterocycles. The minimum Gasteiger partial charge on any atom is -0.493 e. The van der Waals surface area contributed by atoms with Gasteiger partial charge in [-0.25, -0.2) is 4.68 Å². The molecule has 2 N–H and O–H groups in total. The molecule has 3 aromatic rings. The summed E-state index contributed by atoms with van der Waals surface area (Å²) in [6.45, 7) is 0. The molecule has 0 unspecified atom stereocenters. The Balaban J connectivity index is 1.63. The van der Waals surface area contributed by atoms with Gasteiger partial charge in [0.05, 0.1) is 25.8 Å². The number of carbonyl (C=O) groups is 1. The molecule has 0 radical (unpaired) electrons. The molecule has 0 aliphatic carbocycles. The first kappa shape index (κ1) is 25.2. The van der Waals surface area contributed by atoms with Gasteiger partial charge in [0.2, 0.25) is 0 Å². The van der Waals surface area contributed by atoms with Crippen molar-refractivity contribution in [3.8, 4) is 11.5 Å². The molecule has 36 heavy (non-hydrogen) atoms. The first-order chi connectivity index (χ1) is 16.9. The lowest BCUT2D eigenvalue weighted by Gasteiger charge is -2.33. The Morgan fingerprint density at radius 3 is 2.39 bits per heavy atom. The van der Waals surface area contributed by atoms with Crippen molar-refractivity contribution in [1.82, 2.24) is 9.78 Å². The van der Waals surface area contributed by atoms with Crippen molar-refractivity contribution in [3.63, 3.8) is 0 Å². The number of nitrogens with one attached hydrogen (secondary N) is 2. The van der Waals surface area contributed by atoms with Gasteiger partial charge in [0.15, 0.2) is 23.2 Å². The van der Waals surface area contributed by atoms with Crippen LogP contribution >= 0.6 is 0 Å². The second-order valence-electron chi connectivity index (χ2n) is 8.00. The minimum absolute atomic E-state index is 0.0717. The molecular weight excluding hydrogens is 494 g/mol. The summed E-state index contributed by atoms with van der Waals surface area (Å²) in [5.41, 5.74) is -1.06. The number of carbonyl (C=O) groups excluding carboxylic acids is 1. The summed E-state index contributed by atoms with van der Waals surface area (Å²) < 4.78 is 91.7. The smallest absolute Gasteiger partial charge is 0.416 e. The summed E-state index contributed by atoms with van der Waals surface area (Å²) in [5.74, 6) is -0.289. The Bertz CT molecular complexity index is 1270. The average Bonchev–Trinajstić information content (AvgIpc) is 3.26. The van der Waals surface area contributed by atoms with E-state index in [0.717, 1.165) is 24.3 Å². The summed E-state index contributed by atoms with van der Waals surface area (Å²) in [6, 6.07) is 6.86. The Morgan fingerprint density at radius 1 is 1.03 bits per heavy atom. The molecule has 2 aromatic carbocycles. The van der Waals surface area contributed by atoms with Gasteiger partial charge in [0, 0.05) is 18.2 Å². The molecule has 0 saturated heterocycles. The molecule has 4 rings (SSSR count). The van der Waals surface area contributed by atoms with E-state index >= 15 is 0 Å².